The van der Waals surface area contributed by atoms with Gasteiger partial charge in [-0.1, -0.05) is 34.5 Å². The zero-order valence-corrected chi connectivity index (χ0v) is 13.0. The van der Waals surface area contributed by atoms with Crippen molar-refractivity contribution < 1.29 is 0 Å². The minimum atomic E-state index is 0.603. The molecule has 0 aliphatic heterocycles. The second-order valence-corrected chi connectivity index (χ2v) is 7.60. The highest BCUT2D eigenvalue weighted by Crippen LogP contribution is 2.48. The van der Waals surface area contributed by atoms with Gasteiger partial charge in [0.25, 0.3) is 0 Å². The minimum Gasteiger partial charge on any atom is -0.310 e. The molecule has 0 heterocycles. The van der Waals surface area contributed by atoms with Gasteiger partial charge in [-0.25, -0.2) is 0 Å². The summed E-state index contributed by atoms with van der Waals surface area (Å²) in [6.45, 7) is 1.25. The van der Waals surface area contributed by atoms with E-state index in [1.807, 2.05) is 0 Å². The van der Waals surface area contributed by atoms with Crippen LogP contribution in [0.2, 0.25) is 0 Å². The summed E-state index contributed by atoms with van der Waals surface area (Å²) in [5, 5.41) is 3.87. The summed E-state index contributed by atoms with van der Waals surface area (Å²) in [6, 6.07) is 7.27. The van der Waals surface area contributed by atoms with E-state index in [1.165, 1.54) is 60.7 Å². The first-order valence-corrected chi connectivity index (χ1v) is 8.61. The Balaban J connectivity index is 1.42. The molecule has 2 fully saturated rings. The quantitative estimate of drug-likeness (QED) is 0.867. The zero-order valence-electron chi connectivity index (χ0n) is 11.4. The van der Waals surface area contributed by atoms with Crippen LogP contribution in [0.15, 0.2) is 22.7 Å². The monoisotopic (exact) mass is 319 g/mol. The molecule has 1 nitrogen and oxygen atoms in total. The van der Waals surface area contributed by atoms with E-state index in [2.05, 4.69) is 39.4 Å². The van der Waals surface area contributed by atoms with E-state index >= 15 is 0 Å². The Morgan fingerprint density at radius 3 is 2.89 bits per heavy atom. The maximum Gasteiger partial charge on any atom is 0.0326 e. The predicted octanol–water partition coefficient (Wildman–Crippen LogP) is 4.46. The molecule has 0 amide bonds. The van der Waals surface area contributed by atoms with E-state index in [9.17, 15) is 0 Å². The van der Waals surface area contributed by atoms with Crippen LogP contribution in [0, 0.1) is 17.8 Å². The average Bonchev–Trinajstić information content (AvgIpc) is 3.11. The fraction of sp³-hybridized carbons (Fsp3) is 0.647. The van der Waals surface area contributed by atoms with Crippen LogP contribution in [0.1, 0.15) is 49.3 Å². The van der Waals surface area contributed by atoms with Crippen LogP contribution in [0.3, 0.4) is 0 Å². The summed E-state index contributed by atoms with van der Waals surface area (Å²) in [5.41, 5.74) is 3.07. The van der Waals surface area contributed by atoms with Crippen molar-refractivity contribution in [2.75, 3.05) is 6.54 Å². The minimum absolute atomic E-state index is 0.603. The third kappa shape index (κ3) is 2.17. The normalized spacial score (nSPS) is 35.8. The number of benzene rings is 1. The van der Waals surface area contributed by atoms with Crippen LogP contribution < -0.4 is 5.32 Å². The maximum absolute atomic E-state index is 3.87. The van der Waals surface area contributed by atoms with E-state index < -0.39 is 0 Å². The van der Waals surface area contributed by atoms with Crippen molar-refractivity contribution in [1.29, 1.82) is 0 Å². The van der Waals surface area contributed by atoms with E-state index in [1.54, 1.807) is 0 Å². The lowest BCUT2D eigenvalue weighted by molar-refractivity contribution is 0.306. The molecule has 0 radical (unpaired) electrons. The first kappa shape index (κ1) is 12.4. The molecule has 4 unspecified atom stereocenters. The van der Waals surface area contributed by atoms with Crippen molar-refractivity contribution in [3.63, 3.8) is 0 Å². The van der Waals surface area contributed by atoms with Gasteiger partial charge in [-0.3, -0.25) is 0 Å². The van der Waals surface area contributed by atoms with Gasteiger partial charge < -0.3 is 5.32 Å². The molecule has 4 rings (SSSR count). The average molecular weight is 320 g/mol. The number of fused-ring (bicyclic) bond motifs is 3. The molecule has 0 spiro atoms. The van der Waals surface area contributed by atoms with Gasteiger partial charge in [-0.15, -0.1) is 0 Å². The van der Waals surface area contributed by atoms with Crippen LogP contribution in [-0.4, -0.2) is 6.54 Å². The highest BCUT2D eigenvalue weighted by atomic mass is 79.9. The van der Waals surface area contributed by atoms with Gasteiger partial charge in [0.1, 0.15) is 0 Å². The van der Waals surface area contributed by atoms with Crippen molar-refractivity contribution in [1.82, 2.24) is 5.32 Å². The van der Waals surface area contributed by atoms with Crippen LogP contribution in [-0.2, 0) is 6.42 Å². The highest BCUT2D eigenvalue weighted by Gasteiger charge is 2.39. The third-order valence-electron chi connectivity index (χ3n) is 5.72. The lowest BCUT2D eigenvalue weighted by Crippen LogP contribution is -2.29. The first-order valence-electron chi connectivity index (χ1n) is 7.82. The fourth-order valence-corrected chi connectivity index (χ4v) is 5.32. The molecule has 1 aromatic rings. The van der Waals surface area contributed by atoms with E-state index in [4.69, 9.17) is 0 Å². The molecule has 1 N–H and O–H groups in total. The number of halogens is 1. The second kappa shape index (κ2) is 4.89. The summed E-state index contributed by atoms with van der Waals surface area (Å²) in [5.74, 6) is 3.08. The van der Waals surface area contributed by atoms with Crippen LogP contribution in [0.5, 0.6) is 0 Å². The molecule has 0 saturated heterocycles. The summed E-state index contributed by atoms with van der Waals surface area (Å²) < 4.78 is 1.30. The molecular formula is C17H22BrN. The van der Waals surface area contributed by atoms with Crippen molar-refractivity contribution in [2.45, 2.75) is 44.6 Å². The zero-order chi connectivity index (χ0) is 12.8. The fourth-order valence-electron chi connectivity index (χ4n) is 4.74. The smallest absolute Gasteiger partial charge is 0.0326 e. The van der Waals surface area contributed by atoms with Crippen LogP contribution in [0.25, 0.3) is 0 Å². The van der Waals surface area contributed by atoms with Crippen molar-refractivity contribution in [2.24, 2.45) is 17.8 Å². The molecule has 2 saturated carbocycles. The largest absolute Gasteiger partial charge is 0.310 e. The van der Waals surface area contributed by atoms with Crippen molar-refractivity contribution >= 4 is 15.9 Å². The summed E-state index contributed by atoms with van der Waals surface area (Å²) in [6.07, 6.45) is 8.54. The van der Waals surface area contributed by atoms with Gasteiger partial charge in [0, 0.05) is 10.5 Å². The van der Waals surface area contributed by atoms with Crippen molar-refractivity contribution in [3.05, 3.63) is 33.8 Å². The van der Waals surface area contributed by atoms with Gasteiger partial charge in [0.2, 0.25) is 0 Å². The summed E-state index contributed by atoms with van der Waals surface area (Å²) in [4.78, 5) is 0. The Labute approximate surface area is 124 Å². The van der Waals surface area contributed by atoms with E-state index in [0.717, 1.165) is 17.8 Å². The van der Waals surface area contributed by atoms with Gasteiger partial charge in [-0.2, -0.15) is 0 Å². The Bertz CT molecular complexity index is 484. The molecular weight excluding hydrogens is 298 g/mol. The predicted molar refractivity (Wildman–Crippen MR) is 82.1 cm³/mol. The van der Waals surface area contributed by atoms with Gasteiger partial charge >= 0.3 is 0 Å². The highest BCUT2D eigenvalue weighted by molar-refractivity contribution is 9.10. The molecule has 102 valence electrons. The molecule has 3 aliphatic rings. The Hall–Kier alpha value is -0.340. The molecule has 4 atom stereocenters. The number of rotatable bonds is 3. The van der Waals surface area contributed by atoms with Crippen LogP contribution in [0.4, 0.5) is 0 Å². The topological polar surface area (TPSA) is 12.0 Å². The second-order valence-electron chi connectivity index (χ2n) is 6.74. The van der Waals surface area contributed by atoms with Crippen LogP contribution >= 0.6 is 15.9 Å². The van der Waals surface area contributed by atoms with Gasteiger partial charge in [0.05, 0.1) is 0 Å². The number of hydrogen-bond acceptors (Lipinski definition) is 1. The van der Waals surface area contributed by atoms with Crippen molar-refractivity contribution in [3.8, 4) is 0 Å². The Morgan fingerprint density at radius 1 is 1.16 bits per heavy atom. The molecule has 19 heavy (non-hydrogen) atoms. The van der Waals surface area contributed by atoms with Gasteiger partial charge in [0.15, 0.2) is 0 Å². The first-order chi connectivity index (χ1) is 9.31. The standard InChI is InChI=1S/C17H22BrN/c18-16-3-1-2-15-14(16)6-7-17(15)19-10-13-9-11-4-5-12(13)8-11/h1-3,11-13,17,19H,4-10H2. The third-order valence-corrected chi connectivity index (χ3v) is 6.47. The summed E-state index contributed by atoms with van der Waals surface area (Å²) >= 11 is 3.69. The van der Waals surface area contributed by atoms with E-state index in [0.29, 0.717) is 6.04 Å². The Kier molecular flexibility index (Phi) is 3.19. The van der Waals surface area contributed by atoms with E-state index in [-0.39, 0.29) is 0 Å². The molecule has 2 heteroatoms. The number of hydrogen-bond donors (Lipinski definition) is 1. The lowest BCUT2D eigenvalue weighted by atomic mass is 9.88. The lowest BCUT2D eigenvalue weighted by Gasteiger charge is -2.24. The molecule has 1 aromatic carbocycles. The summed E-state index contributed by atoms with van der Waals surface area (Å²) in [7, 11) is 0. The van der Waals surface area contributed by atoms with Gasteiger partial charge in [-0.05, 0) is 73.6 Å². The SMILES string of the molecule is Brc1cccc2c1CCC2NCC1CC2CCC1C2. The molecule has 0 aromatic heterocycles. The molecule has 2 bridgehead atoms. The number of nitrogens with one attached hydrogen (secondary N) is 1. The Morgan fingerprint density at radius 2 is 2.11 bits per heavy atom. The molecule has 3 aliphatic carbocycles. The maximum atomic E-state index is 3.87.